The lowest BCUT2D eigenvalue weighted by Gasteiger charge is -2.43. The molecule has 1 saturated heterocycles. The average molecular weight is 459 g/mol. The summed E-state index contributed by atoms with van der Waals surface area (Å²) in [5, 5.41) is 0. The van der Waals surface area contributed by atoms with E-state index in [1.54, 1.807) is 0 Å². The Balaban J connectivity index is 1.92. The molecule has 2 aliphatic heterocycles. The van der Waals surface area contributed by atoms with Crippen molar-refractivity contribution in [1.29, 1.82) is 0 Å². The summed E-state index contributed by atoms with van der Waals surface area (Å²) in [7, 11) is -0.390. The van der Waals surface area contributed by atoms with E-state index >= 15 is 0 Å². The summed E-state index contributed by atoms with van der Waals surface area (Å²) in [6.07, 6.45) is 0.997. The van der Waals surface area contributed by atoms with Crippen LogP contribution in [0.25, 0.3) is 0 Å². The lowest BCUT2D eigenvalue weighted by atomic mass is 9.44. The van der Waals surface area contributed by atoms with Crippen molar-refractivity contribution < 1.29 is 9.31 Å². The van der Waals surface area contributed by atoms with Gasteiger partial charge in [0.05, 0.1) is 11.2 Å². The number of fused-ring (bicyclic) bond motifs is 1. The monoisotopic (exact) mass is 459 g/mol. The van der Waals surface area contributed by atoms with Gasteiger partial charge in [0, 0.05) is 5.82 Å². The third kappa shape index (κ3) is 4.18. The van der Waals surface area contributed by atoms with Gasteiger partial charge in [-0.05, 0) is 123 Å². The minimum Gasteiger partial charge on any atom is -0.390 e. The van der Waals surface area contributed by atoms with Crippen LogP contribution in [0.1, 0.15) is 98.8 Å². The van der Waals surface area contributed by atoms with E-state index in [1.807, 2.05) is 0 Å². The molecule has 1 atom stereocenters. The molecule has 0 saturated carbocycles. The number of nitrogens with zero attached hydrogens (tertiary/aromatic N) is 1. The summed E-state index contributed by atoms with van der Waals surface area (Å²) in [5.41, 5.74) is 10.4. The molecule has 4 rings (SSSR count). The second kappa shape index (κ2) is 8.25. The molecular formula is C29H43B2NO2. The van der Waals surface area contributed by atoms with Gasteiger partial charge in [0.15, 0.2) is 0 Å². The van der Waals surface area contributed by atoms with Crippen molar-refractivity contribution in [2.24, 2.45) is 0 Å². The highest BCUT2D eigenvalue weighted by Gasteiger charge is 2.59. The second-order valence-electron chi connectivity index (χ2n) is 12.9. The zero-order chi connectivity index (χ0) is 25.4. The fraction of sp³-hybridized carbons (Fsp3) is 0.586. The summed E-state index contributed by atoms with van der Waals surface area (Å²) >= 11 is 0. The van der Waals surface area contributed by atoms with Crippen LogP contribution >= 0.6 is 0 Å². The van der Waals surface area contributed by atoms with Crippen LogP contribution in [0.4, 0.5) is 0 Å². The van der Waals surface area contributed by atoms with Gasteiger partial charge in [0.2, 0.25) is 6.85 Å². The molecule has 0 N–H and O–H groups in total. The van der Waals surface area contributed by atoms with Crippen molar-refractivity contribution in [2.45, 2.75) is 112 Å². The first-order valence-electron chi connectivity index (χ1n) is 12.9. The Morgan fingerprint density at radius 2 is 1.21 bits per heavy atom. The number of aryl methyl sites for hydroxylation is 5. The van der Waals surface area contributed by atoms with Gasteiger partial charge in [0.1, 0.15) is 0 Å². The fourth-order valence-electron chi connectivity index (χ4n) is 6.39. The average Bonchev–Trinajstić information content (AvgIpc) is 3.07. The third-order valence-corrected chi connectivity index (χ3v) is 8.39. The Hall–Kier alpha value is -1.55. The van der Waals surface area contributed by atoms with Gasteiger partial charge in [-0.3, -0.25) is 0 Å². The molecule has 1 unspecified atom stereocenters. The van der Waals surface area contributed by atoms with Crippen molar-refractivity contribution in [1.82, 2.24) is 4.72 Å². The van der Waals surface area contributed by atoms with Crippen molar-refractivity contribution in [2.75, 3.05) is 0 Å². The van der Waals surface area contributed by atoms with Gasteiger partial charge in [-0.1, -0.05) is 41.0 Å². The van der Waals surface area contributed by atoms with Crippen LogP contribution in [0.3, 0.4) is 0 Å². The van der Waals surface area contributed by atoms with E-state index < -0.39 is 0 Å². The summed E-state index contributed by atoms with van der Waals surface area (Å²) in [6.45, 7) is 27.0. The van der Waals surface area contributed by atoms with E-state index in [2.05, 4.69) is 112 Å². The lowest BCUT2D eigenvalue weighted by molar-refractivity contribution is 0.00578. The summed E-state index contributed by atoms with van der Waals surface area (Å²) < 4.78 is 15.9. The molecule has 3 nitrogen and oxygen atoms in total. The molecule has 0 bridgehead atoms. The van der Waals surface area contributed by atoms with Crippen LogP contribution in [0.5, 0.6) is 0 Å². The van der Waals surface area contributed by atoms with Gasteiger partial charge >= 0.3 is 7.25 Å². The molecule has 0 amide bonds. The molecule has 0 aliphatic carbocycles. The maximum absolute atomic E-state index is 6.69. The molecule has 34 heavy (non-hydrogen) atoms. The highest BCUT2D eigenvalue weighted by Crippen LogP contribution is 2.47. The molecule has 0 radical (unpaired) electrons. The van der Waals surface area contributed by atoms with Crippen molar-refractivity contribution in [3.63, 3.8) is 0 Å². The van der Waals surface area contributed by atoms with Crippen LogP contribution in [0.2, 0.25) is 0 Å². The lowest BCUT2D eigenvalue weighted by Crippen LogP contribution is -2.61. The Morgan fingerprint density at radius 1 is 0.765 bits per heavy atom. The predicted octanol–water partition coefficient (Wildman–Crippen LogP) is 6.68. The quantitative estimate of drug-likeness (QED) is 0.479. The van der Waals surface area contributed by atoms with Crippen LogP contribution in [0, 0.1) is 34.6 Å². The van der Waals surface area contributed by atoms with Crippen LogP contribution in [0.15, 0.2) is 24.3 Å². The summed E-state index contributed by atoms with van der Waals surface area (Å²) in [6, 6.07) is 9.44. The topological polar surface area (TPSA) is 21.7 Å². The molecule has 182 valence electrons. The third-order valence-electron chi connectivity index (χ3n) is 8.39. The van der Waals surface area contributed by atoms with Crippen LogP contribution < -0.4 is 0 Å². The van der Waals surface area contributed by atoms with Gasteiger partial charge < -0.3 is 14.0 Å². The Morgan fingerprint density at radius 3 is 1.68 bits per heavy atom. The molecule has 2 aliphatic rings. The van der Waals surface area contributed by atoms with Crippen molar-refractivity contribution in [3.05, 3.63) is 68.8 Å². The standard InChI is InChI=1S/C29H43B2NO2/c1-18-13-20(3)24(21(4)14-18)26-25-22(5)15-19(2)16-23(25)17-30(26)32(27(6,7)8)31-33-28(9,10)29(11,12)34-31/h13-16,26H,17H2,1-12H3. The van der Waals surface area contributed by atoms with Gasteiger partial charge in [-0.2, -0.15) is 0 Å². The van der Waals surface area contributed by atoms with E-state index in [9.17, 15) is 0 Å². The highest BCUT2D eigenvalue weighted by molar-refractivity contribution is 6.70. The van der Waals surface area contributed by atoms with E-state index in [0.717, 1.165) is 6.32 Å². The predicted molar refractivity (Wildman–Crippen MR) is 146 cm³/mol. The maximum atomic E-state index is 6.69. The molecule has 0 aromatic heterocycles. The molecule has 2 aromatic rings. The Kier molecular flexibility index (Phi) is 6.20. The van der Waals surface area contributed by atoms with Gasteiger partial charge in [-0.15, -0.1) is 0 Å². The summed E-state index contributed by atoms with van der Waals surface area (Å²) in [4.78, 5) is 0. The normalized spacial score (nSPS) is 21.5. The molecule has 2 aromatic carbocycles. The zero-order valence-corrected chi connectivity index (χ0v) is 23.5. The number of hydrogen-bond donors (Lipinski definition) is 0. The smallest absolute Gasteiger partial charge is 0.390 e. The van der Waals surface area contributed by atoms with E-state index in [0.29, 0.717) is 0 Å². The second-order valence-corrected chi connectivity index (χ2v) is 12.9. The fourth-order valence-corrected chi connectivity index (χ4v) is 6.39. The van der Waals surface area contributed by atoms with Gasteiger partial charge in [-0.25, -0.2) is 0 Å². The van der Waals surface area contributed by atoms with Crippen molar-refractivity contribution in [3.8, 4) is 0 Å². The van der Waals surface area contributed by atoms with E-state index in [1.165, 1.54) is 44.5 Å². The largest absolute Gasteiger partial charge is 0.547 e. The zero-order valence-electron chi connectivity index (χ0n) is 23.5. The Bertz CT molecular complexity index is 1080. The highest BCUT2D eigenvalue weighted by atomic mass is 16.7. The SMILES string of the molecule is Cc1cc(C)c(C2B(N(B3OC(C)(C)C(C)(C)O3)C(C)(C)C)Cc3cc(C)cc(C)c32)c(C)c1. The van der Waals surface area contributed by atoms with Crippen LogP contribution in [-0.4, -0.2) is 35.6 Å². The Labute approximate surface area is 208 Å². The molecule has 2 heterocycles. The first-order valence-corrected chi connectivity index (χ1v) is 12.9. The van der Waals surface area contributed by atoms with Gasteiger partial charge in [0.25, 0.3) is 0 Å². The molecule has 5 heteroatoms. The summed E-state index contributed by atoms with van der Waals surface area (Å²) in [5.74, 6) is 0.273. The first-order chi connectivity index (χ1) is 15.5. The number of hydrogen-bond acceptors (Lipinski definition) is 3. The van der Waals surface area contributed by atoms with Crippen LogP contribution in [-0.2, 0) is 15.6 Å². The minimum atomic E-state index is -0.390. The van der Waals surface area contributed by atoms with E-state index in [4.69, 9.17) is 9.31 Å². The number of benzene rings is 2. The minimum absolute atomic E-state index is 0.137. The first kappa shape index (κ1) is 25.5. The number of rotatable bonds is 3. The van der Waals surface area contributed by atoms with E-state index in [-0.39, 0.29) is 36.7 Å². The van der Waals surface area contributed by atoms with Crippen molar-refractivity contribution >= 4 is 14.1 Å². The molecule has 1 fully saturated rings. The molecule has 0 spiro atoms. The maximum Gasteiger partial charge on any atom is 0.547 e. The molecular weight excluding hydrogens is 416 g/mol.